The van der Waals surface area contributed by atoms with Gasteiger partial charge < -0.3 is 14.0 Å². The quantitative estimate of drug-likeness (QED) is 0.573. The number of hydrogen-bond donors (Lipinski definition) is 0. The van der Waals surface area contributed by atoms with Crippen LogP contribution in [-0.4, -0.2) is 50.3 Å². The van der Waals surface area contributed by atoms with Gasteiger partial charge in [-0.2, -0.15) is 5.10 Å². The van der Waals surface area contributed by atoms with Gasteiger partial charge in [-0.25, -0.2) is 5.01 Å². The predicted molar refractivity (Wildman–Crippen MR) is 116 cm³/mol. The SMILES string of the molecule is Cn1c(SCC(=O)N2CCC(c3ccccc3)=N2)nnc1[C@H]1COc2ccccc2O1. The smallest absolute Gasteiger partial charge is 0.253 e. The van der Waals surface area contributed by atoms with Crippen molar-refractivity contribution in [2.24, 2.45) is 12.1 Å². The van der Waals surface area contributed by atoms with Crippen molar-refractivity contribution in [3.8, 4) is 11.5 Å². The van der Waals surface area contributed by atoms with E-state index in [1.807, 2.05) is 66.2 Å². The molecule has 0 saturated carbocycles. The van der Waals surface area contributed by atoms with E-state index in [2.05, 4.69) is 15.3 Å². The highest BCUT2D eigenvalue weighted by Crippen LogP contribution is 2.35. The summed E-state index contributed by atoms with van der Waals surface area (Å²) in [5.41, 5.74) is 1.99. The lowest BCUT2D eigenvalue weighted by molar-refractivity contribution is -0.127. The Hall–Kier alpha value is -3.33. The fourth-order valence-corrected chi connectivity index (χ4v) is 4.34. The Kier molecular flexibility index (Phi) is 5.33. The highest BCUT2D eigenvalue weighted by atomic mass is 32.2. The van der Waals surface area contributed by atoms with Gasteiger partial charge in [-0.3, -0.25) is 4.79 Å². The molecule has 0 bridgehead atoms. The minimum absolute atomic E-state index is 0.0494. The second kappa shape index (κ2) is 8.43. The molecule has 8 nitrogen and oxygen atoms in total. The van der Waals surface area contributed by atoms with E-state index in [4.69, 9.17) is 9.47 Å². The van der Waals surface area contributed by atoms with E-state index in [-0.39, 0.29) is 17.8 Å². The van der Waals surface area contributed by atoms with Crippen molar-refractivity contribution in [3.05, 3.63) is 66.0 Å². The summed E-state index contributed by atoms with van der Waals surface area (Å²) >= 11 is 1.34. The van der Waals surface area contributed by atoms with Gasteiger partial charge in [-0.05, 0) is 17.7 Å². The second-order valence-electron chi connectivity index (χ2n) is 7.23. The number of rotatable bonds is 5. The molecule has 2 aliphatic heterocycles. The molecule has 5 rings (SSSR count). The summed E-state index contributed by atoms with van der Waals surface area (Å²) in [5, 5.41) is 15.2. The van der Waals surface area contributed by atoms with Crippen molar-refractivity contribution < 1.29 is 14.3 Å². The Morgan fingerprint density at radius 2 is 1.87 bits per heavy atom. The van der Waals surface area contributed by atoms with Crippen LogP contribution in [-0.2, 0) is 11.8 Å². The van der Waals surface area contributed by atoms with Gasteiger partial charge in [0.25, 0.3) is 5.91 Å². The van der Waals surface area contributed by atoms with Crippen molar-refractivity contribution in [3.63, 3.8) is 0 Å². The number of benzene rings is 2. The highest BCUT2D eigenvalue weighted by Gasteiger charge is 2.28. The first kappa shape index (κ1) is 19.6. The molecule has 1 aromatic heterocycles. The third-order valence-corrected chi connectivity index (χ3v) is 6.19. The Balaban J connectivity index is 1.22. The van der Waals surface area contributed by atoms with E-state index in [9.17, 15) is 4.79 Å². The lowest BCUT2D eigenvalue weighted by Crippen LogP contribution is -2.25. The number of carbonyl (C=O) groups excluding carboxylic acids is 1. The lowest BCUT2D eigenvalue weighted by Gasteiger charge is -2.25. The predicted octanol–water partition coefficient (Wildman–Crippen LogP) is 3.06. The summed E-state index contributed by atoms with van der Waals surface area (Å²) in [6.45, 7) is 0.956. The van der Waals surface area contributed by atoms with Gasteiger partial charge in [-0.1, -0.05) is 54.2 Å². The van der Waals surface area contributed by atoms with Crippen LogP contribution in [0.15, 0.2) is 64.9 Å². The first-order valence-corrected chi connectivity index (χ1v) is 11.0. The Morgan fingerprint density at radius 1 is 1.10 bits per heavy atom. The van der Waals surface area contributed by atoms with Crippen molar-refractivity contribution in [2.45, 2.75) is 17.7 Å². The summed E-state index contributed by atoms with van der Waals surface area (Å²) in [5.74, 6) is 2.26. The van der Waals surface area contributed by atoms with Crippen LogP contribution < -0.4 is 9.47 Å². The zero-order valence-corrected chi connectivity index (χ0v) is 17.8. The van der Waals surface area contributed by atoms with Gasteiger partial charge >= 0.3 is 0 Å². The number of para-hydroxylation sites is 2. The maximum Gasteiger partial charge on any atom is 0.253 e. The number of hydrogen-bond acceptors (Lipinski definition) is 7. The van der Waals surface area contributed by atoms with Crippen LogP contribution in [0, 0.1) is 0 Å². The molecule has 0 radical (unpaired) electrons. The van der Waals surface area contributed by atoms with Gasteiger partial charge in [0, 0.05) is 13.5 Å². The van der Waals surface area contributed by atoms with Gasteiger partial charge in [0.05, 0.1) is 18.0 Å². The summed E-state index contributed by atoms with van der Waals surface area (Å²) < 4.78 is 13.7. The molecule has 2 aromatic carbocycles. The number of nitrogens with zero attached hydrogens (tertiary/aromatic N) is 5. The molecule has 1 amide bonds. The molecule has 0 fully saturated rings. The molecule has 0 unspecified atom stereocenters. The van der Waals surface area contributed by atoms with E-state index in [0.717, 1.165) is 23.4 Å². The van der Waals surface area contributed by atoms with E-state index in [1.165, 1.54) is 11.8 Å². The van der Waals surface area contributed by atoms with Crippen LogP contribution in [0.4, 0.5) is 0 Å². The Labute approximate surface area is 183 Å². The first-order valence-electron chi connectivity index (χ1n) is 10.0. The number of hydrazone groups is 1. The molecule has 9 heteroatoms. The van der Waals surface area contributed by atoms with Gasteiger partial charge in [0.1, 0.15) is 6.61 Å². The maximum absolute atomic E-state index is 12.6. The number of thioether (sulfide) groups is 1. The molecule has 0 aliphatic carbocycles. The van der Waals surface area contributed by atoms with E-state index >= 15 is 0 Å². The number of aromatic nitrogens is 3. The molecule has 0 spiro atoms. The van der Waals surface area contributed by atoms with Crippen molar-refractivity contribution >= 4 is 23.4 Å². The summed E-state index contributed by atoms with van der Waals surface area (Å²) in [6, 6.07) is 17.5. The maximum atomic E-state index is 12.6. The van der Waals surface area contributed by atoms with Gasteiger partial charge in [0.2, 0.25) is 0 Å². The zero-order valence-electron chi connectivity index (χ0n) is 17.0. The average Bonchev–Trinajstić information content (AvgIpc) is 3.45. The van der Waals surface area contributed by atoms with E-state index in [1.54, 1.807) is 5.01 Å². The van der Waals surface area contributed by atoms with Crippen molar-refractivity contribution in [2.75, 3.05) is 18.9 Å². The minimum Gasteiger partial charge on any atom is -0.485 e. The molecular formula is C22H21N5O3S. The Bertz CT molecular complexity index is 1130. The van der Waals surface area contributed by atoms with Crippen LogP contribution in [0.3, 0.4) is 0 Å². The molecule has 2 aliphatic rings. The third kappa shape index (κ3) is 4.00. The molecule has 1 atom stereocenters. The van der Waals surface area contributed by atoms with Gasteiger partial charge in [0.15, 0.2) is 28.6 Å². The molecular weight excluding hydrogens is 414 g/mol. The summed E-state index contributed by atoms with van der Waals surface area (Å²) in [7, 11) is 1.87. The fourth-order valence-electron chi connectivity index (χ4n) is 3.55. The van der Waals surface area contributed by atoms with Crippen molar-refractivity contribution in [1.29, 1.82) is 0 Å². The lowest BCUT2D eigenvalue weighted by atomic mass is 10.1. The molecule has 3 aromatic rings. The molecule has 158 valence electrons. The van der Waals surface area contributed by atoms with Crippen LogP contribution >= 0.6 is 11.8 Å². The average molecular weight is 436 g/mol. The van der Waals surface area contributed by atoms with E-state index in [0.29, 0.717) is 29.9 Å². The second-order valence-corrected chi connectivity index (χ2v) is 8.17. The highest BCUT2D eigenvalue weighted by molar-refractivity contribution is 7.99. The largest absolute Gasteiger partial charge is 0.485 e. The molecule has 0 N–H and O–H groups in total. The number of amides is 1. The number of fused-ring (bicyclic) bond motifs is 1. The van der Waals surface area contributed by atoms with Crippen LogP contribution in [0.2, 0.25) is 0 Å². The fraction of sp³-hybridized carbons (Fsp3) is 0.273. The Morgan fingerprint density at radius 3 is 2.71 bits per heavy atom. The topological polar surface area (TPSA) is 81.8 Å². The van der Waals surface area contributed by atoms with Crippen LogP contribution in [0.1, 0.15) is 23.9 Å². The van der Waals surface area contributed by atoms with Gasteiger partial charge in [-0.15, -0.1) is 10.2 Å². The third-order valence-electron chi connectivity index (χ3n) is 5.19. The standard InChI is InChI=1S/C22H21N5O3S/c1-26-21(19-13-29-17-9-5-6-10-18(17)30-19)23-24-22(26)31-14-20(28)27-12-11-16(25-27)15-7-3-2-4-8-15/h2-10,19H,11-14H2,1H3/t19-/m1/s1. The minimum atomic E-state index is -0.353. The molecule has 31 heavy (non-hydrogen) atoms. The van der Waals surface area contributed by atoms with Crippen LogP contribution in [0.25, 0.3) is 0 Å². The summed E-state index contributed by atoms with van der Waals surface area (Å²) in [6.07, 6.45) is 0.406. The summed E-state index contributed by atoms with van der Waals surface area (Å²) in [4.78, 5) is 12.6. The van der Waals surface area contributed by atoms with Crippen molar-refractivity contribution in [1.82, 2.24) is 19.8 Å². The number of ether oxygens (including phenoxy) is 2. The first-order chi connectivity index (χ1) is 15.2. The normalized spacial score (nSPS) is 17.5. The van der Waals surface area contributed by atoms with Crippen LogP contribution in [0.5, 0.6) is 11.5 Å². The monoisotopic (exact) mass is 435 g/mol. The molecule has 3 heterocycles. The molecule has 0 saturated heterocycles. The number of carbonyl (C=O) groups is 1. The zero-order chi connectivity index (χ0) is 21.2. The van der Waals surface area contributed by atoms with E-state index < -0.39 is 0 Å².